The Morgan fingerprint density at radius 2 is 1.79 bits per heavy atom. The first-order valence-corrected chi connectivity index (χ1v) is 6.75. The molecular weight excluding hydrogens is 273 g/mol. The topological polar surface area (TPSA) is 115 Å². The molecule has 0 aliphatic heterocycles. The number of hydrogen-bond acceptors (Lipinski definition) is 3. The van der Waals surface area contributed by atoms with Crippen LogP contribution in [0.4, 0.5) is 5.69 Å². The number of carbonyl (C=O) groups is 2. The molecular formula is C11H14NO6P. The molecule has 0 radical (unpaired) electrons. The zero-order valence-corrected chi connectivity index (χ0v) is 10.9. The summed E-state index contributed by atoms with van der Waals surface area (Å²) < 4.78 is 12.2. The van der Waals surface area contributed by atoms with Gasteiger partial charge in [-0.2, -0.15) is 0 Å². The summed E-state index contributed by atoms with van der Waals surface area (Å²) >= 11 is 0. The third kappa shape index (κ3) is 4.39. The number of carboxylic acid groups (broad SMARTS) is 2. The lowest BCUT2D eigenvalue weighted by Crippen LogP contribution is -2.37. The highest BCUT2D eigenvalue weighted by molar-refractivity contribution is 7.40. The molecule has 0 heterocycles. The van der Waals surface area contributed by atoms with Crippen molar-refractivity contribution in [3.05, 3.63) is 30.3 Å². The molecule has 8 heteroatoms. The fourth-order valence-electron chi connectivity index (χ4n) is 1.64. The first-order chi connectivity index (χ1) is 8.93. The summed E-state index contributed by atoms with van der Waals surface area (Å²) in [5.74, 6) is -2.49. The van der Waals surface area contributed by atoms with Crippen LogP contribution in [0.3, 0.4) is 0 Å². The molecule has 0 aliphatic rings. The average Bonchev–Trinajstić information content (AvgIpc) is 2.34. The van der Waals surface area contributed by atoms with Crippen LogP contribution in [0, 0.1) is 0 Å². The lowest BCUT2D eigenvalue weighted by Gasteiger charge is -2.27. The molecule has 0 saturated heterocycles. The van der Waals surface area contributed by atoms with Gasteiger partial charge in [0, 0.05) is 12.1 Å². The van der Waals surface area contributed by atoms with Gasteiger partial charge in [0.25, 0.3) is 8.18 Å². The second kappa shape index (κ2) is 6.92. The number of rotatable bonds is 7. The Labute approximate surface area is 110 Å². The molecule has 1 unspecified atom stereocenters. The highest BCUT2D eigenvalue weighted by atomic mass is 31.1. The van der Waals surface area contributed by atoms with Crippen LogP contribution in [0.5, 0.6) is 0 Å². The van der Waals surface area contributed by atoms with Crippen LogP contribution in [-0.2, 0) is 14.2 Å². The van der Waals surface area contributed by atoms with Crippen molar-refractivity contribution in [1.82, 2.24) is 0 Å². The molecule has 0 spiro atoms. The molecule has 2 atom stereocenters. The van der Waals surface area contributed by atoms with Gasteiger partial charge in [0.15, 0.2) is 0 Å². The maximum Gasteiger partial charge on any atom is 0.326 e. The lowest BCUT2D eigenvalue weighted by atomic mass is 10.1. The summed E-state index contributed by atoms with van der Waals surface area (Å²) in [5.41, 5.74) is 0.270. The molecule has 19 heavy (non-hydrogen) atoms. The van der Waals surface area contributed by atoms with Crippen molar-refractivity contribution in [2.24, 2.45) is 0 Å². The van der Waals surface area contributed by atoms with Gasteiger partial charge in [-0.1, -0.05) is 18.2 Å². The van der Waals surface area contributed by atoms with E-state index >= 15 is 0 Å². The van der Waals surface area contributed by atoms with Crippen LogP contribution in [0.25, 0.3) is 0 Å². The van der Waals surface area contributed by atoms with Gasteiger partial charge in [-0.05, 0) is 18.6 Å². The molecule has 104 valence electrons. The van der Waals surface area contributed by atoms with Gasteiger partial charge in [-0.3, -0.25) is 14.0 Å². The zero-order valence-electron chi connectivity index (χ0n) is 9.89. The number of aliphatic carboxylic acids is 2. The molecule has 7 nitrogen and oxygen atoms in total. The van der Waals surface area contributed by atoms with E-state index in [0.29, 0.717) is 0 Å². The summed E-state index contributed by atoms with van der Waals surface area (Å²) in [6, 6.07) is 6.52. The van der Waals surface area contributed by atoms with Crippen molar-refractivity contribution < 1.29 is 29.3 Å². The van der Waals surface area contributed by atoms with Crippen molar-refractivity contribution >= 4 is 25.8 Å². The molecule has 0 aromatic heterocycles. The van der Waals surface area contributed by atoms with Gasteiger partial charge in [0.05, 0.1) is 0 Å². The Kier molecular flexibility index (Phi) is 5.54. The minimum absolute atomic E-state index is 0.253. The smallest absolute Gasteiger partial charge is 0.326 e. The predicted molar refractivity (Wildman–Crippen MR) is 68.4 cm³/mol. The van der Waals surface area contributed by atoms with Gasteiger partial charge >= 0.3 is 11.9 Å². The quantitative estimate of drug-likeness (QED) is 0.645. The van der Waals surface area contributed by atoms with E-state index in [1.165, 1.54) is 12.1 Å². The summed E-state index contributed by atoms with van der Waals surface area (Å²) in [6.45, 7) is 0. The van der Waals surface area contributed by atoms with Crippen molar-refractivity contribution in [3.63, 3.8) is 0 Å². The van der Waals surface area contributed by atoms with Gasteiger partial charge < -0.3 is 15.1 Å². The second-order valence-corrected chi connectivity index (χ2v) is 4.82. The summed E-state index contributed by atoms with van der Waals surface area (Å²) in [7, 11) is -3.31. The number of benzene rings is 1. The summed E-state index contributed by atoms with van der Waals surface area (Å²) in [4.78, 5) is 31.0. The lowest BCUT2D eigenvalue weighted by molar-refractivity contribution is -0.139. The van der Waals surface area contributed by atoms with Gasteiger partial charge in [0.2, 0.25) is 0 Å². The van der Waals surface area contributed by atoms with E-state index in [1.807, 2.05) is 0 Å². The number of anilines is 1. The van der Waals surface area contributed by atoms with Gasteiger partial charge in [-0.25, -0.2) is 4.79 Å². The fourth-order valence-corrected chi connectivity index (χ4v) is 2.51. The van der Waals surface area contributed by atoms with Crippen LogP contribution in [-0.4, -0.2) is 33.1 Å². The standard InChI is InChI=1S/C11H14NO6P/c13-10(14)7-6-9(11(15)16)12(19(17)18)8-4-2-1-3-5-8/h1-5,9,19H,6-7H2,(H,13,14)(H,15,16)(H,17,18)/t9-/m0/s1. The van der Waals surface area contributed by atoms with E-state index < -0.39 is 32.6 Å². The van der Waals surface area contributed by atoms with E-state index in [9.17, 15) is 19.0 Å². The Morgan fingerprint density at radius 3 is 2.21 bits per heavy atom. The van der Waals surface area contributed by atoms with Gasteiger partial charge in [-0.15, -0.1) is 0 Å². The van der Waals surface area contributed by atoms with E-state index in [0.717, 1.165) is 4.67 Å². The molecule has 1 aromatic rings. The summed E-state index contributed by atoms with van der Waals surface area (Å²) in [5, 5.41) is 17.7. The second-order valence-electron chi connectivity index (χ2n) is 3.77. The zero-order chi connectivity index (χ0) is 14.4. The Morgan fingerprint density at radius 1 is 1.21 bits per heavy atom. The van der Waals surface area contributed by atoms with E-state index in [2.05, 4.69) is 0 Å². The van der Waals surface area contributed by atoms with Crippen LogP contribution >= 0.6 is 8.18 Å². The van der Waals surface area contributed by atoms with Gasteiger partial charge in [0.1, 0.15) is 6.04 Å². The predicted octanol–water partition coefficient (Wildman–Crippen LogP) is 1.19. The molecule has 3 N–H and O–H groups in total. The van der Waals surface area contributed by atoms with Crippen LogP contribution in [0.2, 0.25) is 0 Å². The number of nitrogens with zero attached hydrogens (tertiary/aromatic N) is 1. The van der Waals surface area contributed by atoms with Crippen molar-refractivity contribution in [3.8, 4) is 0 Å². The number of carboxylic acids is 2. The van der Waals surface area contributed by atoms with Crippen LogP contribution in [0.15, 0.2) is 30.3 Å². The minimum Gasteiger partial charge on any atom is -0.481 e. The van der Waals surface area contributed by atoms with E-state index in [1.54, 1.807) is 18.2 Å². The Balaban J connectivity index is 3.03. The first kappa shape index (κ1) is 15.2. The normalized spacial score (nSPS) is 13.5. The highest BCUT2D eigenvalue weighted by Crippen LogP contribution is 2.33. The highest BCUT2D eigenvalue weighted by Gasteiger charge is 2.29. The molecule has 0 amide bonds. The van der Waals surface area contributed by atoms with Crippen LogP contribution in [0.1, 0.15) is 12.8 Å². The molecule has 0 aliphatic carbocycles. The SMILES string of the molecule is O=C(O)CC[C@@H](C(=O)O)N(c1ccccc1)[PH](=O)O. The maximum atomic E-state index is 11.4. The van der Waals surface area contributed by atoms with Crippen molar-refractivity contribution in [2.45, 2.75) is 18.9 Å². The molecule has 0 bridgehead atoms. The first-order valence-electron chi connectivity index (χ1n) is 5.45. The third-order valence-corrected chi connectivity index (χ3v) is 3.45. The molecule has 0 saturated carbocycles. The molecule has 0 fully saturated rings. The Bertz CT molecular complexity index is 477. The van der Waals surface area contributed by atoms with Crippen molar-refractivity contribution in [1.29, 1.82) is 0 Å². The van der Waals surface area contributed by atoms with Crippen molar-refractivity contribution in [2.75, 3.05) is 4.67 Å². The Hall–Kier alpha value is -1.85. The third-order valence-electron chi connectivity index (χ3n) is 2.47. The van der Waals surface area contributed by atoms with E-state index in [-0.39, 0.29) is 12.1 Å². The number of hydrogen-bond donors (Lipinski definition) is 3. The molecule has 1 aromatic carbocycles. The minimum atomic E-state index is -3.31. The number of para-hydroxylation sites is 1. The van der Waals surface area contributed by atoms with Crippen LogP contribution < -0.4 is 4.67 Å². The molecule has 1 rings (SSSR count). The van der Waals surface area contributed by atoms with E-state index in [4.69, 9.17) is 10.2 Å². The monoisotopic (exact) mass is 287 g/mol. The maximum absolute atomic E-state index is 11.4. The average molecular weight is 287 g/mol. The summed E-state index contributed by atoms with van der Waals surface area (Å²) in [6.07, 6.45) is -0.647. The fraction of sp³-hybridized carbons (Fsp3) is 0.273. The largest absolute Gasteiger partial charge is 0.481 e.